The molecule has 1 N–H and O–H groups in total. The van der Waals surface area contributed by atoms with Crippen molar-refractivity contribution in [3.63, 3.8) is 0 Å². The van der Waals surface area contributed by atoms with E-state index in [2.05, 4.69) is 142 Å². The number of allylic oxidation sites excluding steroid dienone is 4. The van der Waals surface area contributed by atoms with E-state index in [1.54, 1.807) is 0 Å². The summed E-state index contributed by atoms with van der Waals surface area (Å²) in [6, 6.07) is 47.1. The quantitative estimate of drug-likeness (QED) is 0.206. The number of nitrogens with one attached hydrogen (secondary N) is 1. The van der Waals surface area contributed by atoms with Gasteiger partial charge in [0.05, 0.1) is 28.0 Å². The molecule has 3 aromatic heterocycles. The molecule has 1 aliphatic heterocycles. The number of benzene rings is 6. The maximum atomic E-state index is 6.74. The van der Waals surface area contributed by atoms with Gasteiger partial charge in [0.25, 0.3) is 0 Å². The Kier molecular flexibility index (Phi) is 6.04. The summed E-state index contributed by atoms with van der Waals surface area (Å²) in [5.74, 6) is 1.41. The fraction of sp³-hybridized carbons (Fsp3) is 0.0667. The molecule has 51 heavy (non-hydrogen) atoms. The second-order valence-electron chi connectivity index (χ2n) is 13.4. The molecule has 242 valence electrons. The first-order valence-corrected chi connectivity index (χ1v) is 17.5. The van der Waals surface area contributed by atoms with E-state index in [1.165, 1.54) is 21.8 Å². The van der Waals surface area contributed by atoms with E-state index in [0.717, 1.165) is 67.3 Å². The zero-order valence-corrected chi connectivity index (χ0v) is 27.6. The average molecular weight is 658 g/mol. The fourth-order valence-corrected chi connectivity index (χ4v) is 8.19. The number of para-hydroxylation sites is 2. The Morgan fingerprint density at radius 3 is 2.25 bits per heavy atom. The van der Waals surface area contributed by atoms with Crippen LogP contribution in [-0.4, -0.2) is 20.9 Å². The van der Waals surface area contributed by atoms with Crippen molar-refractivity contribution < 1.29 is 4.42 Å². The van der Waals surface area contributed by atoms with Crippen LogP contribution in [0.15, 0.2) is 172 Å². The summed E-state index contributed by atoms with van der Waals surface area (Å²) in [6.07, 6.45) is 9.48. The van der Waals surface area contributed by atoms with Gasteiger partial charge in [0.15, 0.2) is 5.84 Å². The molecule has 1 aliphatic carbocycles. The number of rotatable bonds is 3. The monoisotopic (exact) mass is 657 g/mol. The van der Waals surface area contributed by atoms with Crippen LogP contribution < -0.4 is 5.32 Å². The van der Waals surface area contributed by atoms with Gasteiger partial charge in [-0.25, -0.2) is 4.99 Å². The zero-order chi connectivity index (χ0) is 33.5. The lowest BCUT2D eigenvalue weighted by Gasteiger charge is -2.25. The first kappa shape index (κ1) is 28.2. The summed E-state index contributed by atoms with van der Waals surface area (Å²) in [5.41, 5.74) is 8.29. The van der Waals surface area contributed by atoms with Gasteiger partial charge in [0.2, 0.25) is 5.96 Å². The minimum absolute atomic E-state index is 0.208. The van der Waals surface area contributed by atoms with Gasteiger partial charge in [-0.05, 0) is 48.4 Å². The summed E-state index contributed by atoms with van der Waals surface area (Å²) < 4.78 is 11.5. The highest BCUT2D eigenvalue weighted by atomic mass is 16.3. The SMILES string of the molecule is C1=CCC(n2c3ccccc3c3cc4c5c6oc7ccccc7c6ccc5n(C5=NC(c6ccccc6)=NC(c6ccccc6)N5)c4cc32)C=C1. The Hall–Kier alpha value is -6.66. The average Bonchev–Trinajstić information content (AvgIpc) is 3.85. The lowest BCUT2D eigenvalue weighted by atomic mass is 10.1. The lowest BCUT2D eigenvalue weighted by molar-refractivity contribution is 0.648. The summed E-state index contributed by atoms with van der Waals surface area (Å²) in [7, 11) is 0. The molecule has 4 heterocycles. The van der Waals surface area contributed by atoms with Gasteiger partial charge in [0, 0.05) is 38.0 Å². The van der Waals surface area contributed by atoms with Gasteiger partial charge >= 0.3 is 0 Å². The number of aromatic nitrogens is 2. The maximum absolute atomic E-state index is 6.74. The van der Waals surface area contributed by atoms with E-state index >= 15 is 0 Å². The van der Waals surface area contributed by atoms with Crippen molar-refractivity contribution in [3.05, 3.63) is 169 Å². The highest BCUT2D eigenvalue weighted by molar-refractivity contribution is 6.28. The van der Waals surface area contributed by atoms with Crippen molar-refractivity contribution in [1.29, 1.82) is 0 Å². The molecule has 6 heteroatoms. The number of hydrogen-bond acceptors (Lipinski definition) is 4. The molecule has 2 aliphatic rings. The summed E-state index contributed by atoms with van der Waals surface area (Å²) in [5, 5.41) is 10.6. The van der Waals surface area contributed by atoms with Crippen molar-refractivity contribution in [2.45, 2.75) is 18.6 Å². The van der Waals surface area contributed by atoms with Gasteiger partial charge < -0.3 is 14.3 Å². The number of furan rings is 1. The van der Waals surface area contributed by atoms with Crippen LogP contribution in [0.2, 0.25) is 0 Å². The van der Waals surface area contributed by atoms with E-state index in [9.17, 15) is 0 Å². The molecule has 0 saturated carbocycles. The molecular formula is C45H31N5O. The van der Waals surface area contributed by atoms with Crippen LogP contribution in [0.25, 0.3) is 65.6 Å². The molecule has 11 rings (SSSR count). The van der Waals surface area contributed by atoms with Crippen LogP contribution in [-0.2, 0) is 0 Å². The molecule has 2 unspecified atom stereocenters. The Morgan fingerprint density at radius 1 is 0.627 bits per heavy atom. The van der Waals surface area contributed by atoms with E-state index in [4.69, 9.17) is 14.4 Å². The molecule has 0 amide bonds. The number of hydrogen-bond donors (Lipinski definition) is 1. The number of nitrogens with zero attached hydrogens (tertiary/aromatic N) is 4. The van der Waals surface area contributed by atoms with E-state index < -0.39 is 0 Å². The van der Waals surface area contributed by atoms with Crippen LogP contribution in [0.4, 0.5) is 0 Å². The maximum Gasteiger partial charge on any atom is 0.211 e. The Morgan fingerprint density at radius 2 is 1.41 bits per heavy atom. The third-order valence-corrected chi connectivity index (χ3v) is 10.5. The molecule has 0 saturated heterocycles. The Labute approximate surface area is 293 Å². The Balaban J connectivity index is 1.27. The molecule has 2 atom stereocenters. The first-order chi connectivity index (χ1) is 25.3. The predicted octanol–water partition coefficient (Wildman–Crippen LogP) is 10.8. The van der Waals surface area contributed by atoms with Gasteiger partial charge in [-0.15, -0.1) is 0 Å². The number of fused-ring (bicyclic) bond motifs is 10. The minimum atomic E-state index is -0.328. The third kappa shape index (κ3) is 4.23. The van der Waals surface area contributed by atoms with Crippen molar-refractivity contribution in [3.8, 4) is 0 Å². The molecule has 0 spiro atoms. The highest BCUT2D eigenvalue weighted by Crippen LogP contribution is 2.43. The smallest absolute Gasteiger partial charge is 0.211 e. The van der Waals surface area contributed by atoms with Crippen molar-refractivity contribution in [2.75, 3.05) is 0 Å². The molecule has 6 aromatic carbocycles. The minimum Gasteiger partial charge on any atom is -0.455 e. The van der Waals surface area contributed by atoms with Crippen LogP contribution >= 0.6 is 0 Å². The van der Waals surface area contributed by atoms with Crippen LogP contribution in [0, 0.1) is 0 Å². The number of aliphatic imine (C=N–C) groups is 2. The molecular weight excluding hydrogens is 627 g/mol. The second-order valence-corrected chi connectivity index (χ2v) is 13.4. The van der Waals surface area contributed by atoms with Gasteiger partial charge in [0.1, 0.15) is 17.3 Å². The number of amidine groups is 1. The van der Waals surface area contributed by atoms with Gasteiger partial charge in [-0.3, -0.25) is 4.57 Å². The molecule has 0 radical (unpaired) electrons. The van der Waals surface area contributed by atoms with Crippen molar-refractivity contribution in [2.24, 2.45) is 9.98 Å². The van der Waals surface area contributed by atoms with Crippen molar-refractivity contribution in [1.82, 2.24) is 14.5 Å². The second kappa shape index (κ2) is 10.9. The standard InChI is InChI=1S/C45H31N5O/c1-4-14-28(15-5-1)43-46-44(29-16-6-2-7-17-29)48-45(47-43)50-37-25-24-33-32-21-11-13-23-40(32)51-42(33)41(37)35-26-34-31-20-10-12-22-36(31)49(38(34)27-39(35)50)30-18-8-3-9-19-30/h1-18,20-27,30,43H,19H2,(H,46,47,48). The van der Waals surface area contributed by atoms with Crippen LogP contribution in [0.3, 0.4) is 0 Å². The molecule has 0 bridgehead atoms. The predicted molar refractivity (Wildman–Crippen MR) is 210 cm³/mol. The summed E-state index contributed by atoms with van der Waals surface area (Å²) in [4.78, 5) is 10.4. The van der Waals surface area contributed by atoms with Crippen molar-refractivity contribution >= 4 is 77.3 Å². The van der Waals surface area contributed by atoms with Gasteiger partial charge in [-0.1, -0.05) is 121 Å². The summed E-state index contributed by atoms with van der Waals surface area (Å²) >= 11 is 0. The van der Waals surface area contributed by atoms with E-state index in [-0.39, 0.29) is 12.2 Å². The molecule has 0 fully saturated rings. The zero-order valence-electron chi connectivity index (χ0n) is 27.6. The van der Waals surface area contributed by atoms with Crippen LogP contribution in [0.5, 0.6) is 0 Å². The lowest BCUT2D eigenvalue weighted by Crippen LogP contribution is -2.37. The highest BCUT2D eigenvalue weighted by Gasteiger charge is 2.27. The fourth-order valence-electron chi connectivity index (χ4n) is 8.19. The molecule has 6 nitrogen and oxygen atoms in total. The third-order valence-electron chi connectivity index (χ3n) is 10.5. The van der Waals surface area contributed by atoms with E-state index in [1.807, 2.05) is 30.3 Å². The van der Waals surface area contributed by atoms with E-state index in [0.29, 0.717) is 5.84 Å². The van der Waals surface area contributed by atoms with Crippen LogP contribution in [0.1, 0.15) is 29.8 Å². The first-order valence-electron chi connectivity index (χ1n) is 17.5. The normalized spacial score (nSPS) is 17.6. The Bertz CT molecular complexity index is 2970. The topological polar surface area (TPSA) is 59.8 Å². The largest absolute Gasteiger partial charge is 0.455 e. The molecule has 9 aromatic rings. The van der Waals surface area contributed by atoms with Gasteiger partial charge in [-0.2, -0.15) is 4.99 Å². The summed E-state index contributed by atoms with van der Waals surface area (Å²) in [6.45, 7) is 0.